The van der Waals surface area contributed by atoms with Crippen molar-refractivity contribution in [2.45, 2.75) is 46.1 Å². The third-order valence-corrected chi connectivity index (χ3v) is 4.16. The summed E-state index contributed by atoms with van der Waals surface area (Å²) in [5.41, 5.74) is 0.690. The fraction of sp³-hybridized carbons (Fsp3) is 0.529. The molecule has 1 N–H and O–H groups in total. The van der Waals surface area contributed by atoms with Gasteiger partial charge in [-0.1, -0.05) is 20.8 Å². The van der Waals surface area contributed by atoms with Crippen LogP contribution in [-0.2, 0) is 4.79 Å². The number of carbonyl (C=O) groups is 2. The Hall–Kier alpha value is -1.91. The van der Waals surface area contributed by atoms with Gasteiger partial charge in [-0.15, -0.1) is 0 Å². The Morgan fingerprint density at radius 3 is 2.73 bits per heavy atom. The first-order chi connectivity index (χ1) is 10.3. The van der Waals surface area contributed by atoms with E-state index in [0.29, 0.717) is 11.5 Å². The van der Waals surface area contributed by atoms with Crippen LogP contribution in [0.25, 0.3) is 0 Å². The normalized spacial score (nSPS) is 18.3. The number of benzene rings is 1. The number of amides is 1. The minimum Gasteiger partial charge on any atom is -0.483 e. The van der Waals surface area contributed by atoms with Gasteiger partial charge in [-0.2, -0.15) is 0 Å². The van der Waals surface area contributed by atoms with Crippen molar-refractivity contribution in [2.24, 2.45) is 5.92 Å². The average molecular weight is 307 g/mol. The first kappa shape index (κ1) is 16.5. The molecule has 1 aliphatic carbocycles. The molecule has 0 saturated carbocycles. The molecule has 0 fully saturated rings. The summed E-state index contributed by atoms with van der Waals surface area (Å²) >= 11 is 0. The molecule has 0 aromatic heterocycles. The van der Waals surface area contributed by atoms with Gasteiger partial charge < -0.3 is 10.1 Å². The SMILES string of the molecule is CC(C)[C@H](C)NC(=O)COc1ccc(F)c2c1C(=O)C[C@H]2C. The van der Waals surface area contributed by atoms with E-state index >= 15 is 0 Å². The lowest BCUT2D eigenvalue weighted by Gasteiger charge is -2.18. The monoisotopic (exact) mass is 307 g/mol. The average Bonchev–Trinajstić information content (AvgIpc) is 2.74. The van der Waals surface area contributed by atoms with Crippen LogP contribution in [0.3, 0.4) is 0 Å². The standard InChI is InChI=1S/C17H22FNO3/c1-9(2)11(4)19-15(21)8-22-14-6-5-12(18)16-10(3)7-13(20)17(14)16/h5-6,9-11H,7-8H2,1-4H3,(H,19,21)/t10-,11+/m1/s1. The molecule has 0 bridgehead atoms. The molecule has 4 nitrogen and oxygen atoms in total. The molecule has 5 heteroatoms. The maximum Gasteiger partial charge on any atom is 0.258 e. The highest BCUT2D eigenvalue weighted by atomic mass is 19.1. The van der Waals surface area contributed by atoms with Crippen LogP contribution >= 0.6 is 0 Å². The summed E-state index contributed by atoms with van der Waals surface area (Å²) in [5.74, 6) is -0.315. The van der Waals surface area contributed by atoms with Crippen LogP contribution in [0.2, 0.25) is 0 Å². The molecule has 0 unspecified atom stereocenters. The van der Waals surface area contributed by atoms with Gasteiger partial charge >= 0.3 is 0 Å². The summed E-state index contributed by atoms with van der Waals surface area (Å²) in [5, 5.41) is 2.83. The van der Waals surface area contributed by atoms with Crippen molar-refractivity contribution in [3.05, 3.63) is 29.1 Å². The summed E-state index contributed by atoms with van der Waals surface area (Å²) in [6.07, 6.45) is 0.281. The Labute approximate surface area is 130 Å². The van der Waals surface area contributed by atoms with E-state index in [9.17, 15) is 14.0 Å². The fourth-order valence-electron chi connectivity index (χ4n) is 2.55. The van der Waals surface area contributed by atoms with Gasteiger partial charge in [0.25, 0.3) is 5.91 Å². The third-order valence-electron chi connectivity index (χ3n) is 4.16. The van der Waals surface area contributed by atoms with Gasteiger partial charge in [-0.05, 0) is 30.9 Å². The zero-order valence-corrected chi connectivity index (χ0v) is 13.4. The van der Waals surface area contributed by atoms with E-state index in [0.717, 1.165) is 0 Å². The van der Waals surface area contributed by atoms with E-state index in [4.69, 9.17) is 4.74 Å². The van der Waals surface area contributed by atoms with Crippen molar-refractivity contribution >= 4 is 11.7 Å². The second kappa shape index (κ2) is 6.46. The Morgan fingerprint density at radius 1 is 1.41 bits per heavy atom. The Balaban J connectivity index is 2.09. The van der Waals surface area contributed by atoms with E-state index in [1.54, 1.807) is 0 Å². The molecule has 0 aliphatic heterocycles. The predicted molar refractivity (Wildman–Crippen MR) is 81.7 cm³/mol. The van der Waals surface area contributed by atoms with Gasteiger partial charge in [0.1, 0.15) is 11.6 Å². The molecule has 1 aliphatic rings. The lowest BCUT2D eigenvalue weighted by atomic mass is 10.0. The van der Waals surface area contributed by atoms with Gasteiger partial charge in [0.15, 0.2) is 12.4 Å². The van der Waals surface area contributed by atoms with Crippen LogP contribution in [0.5, 0.6) is 5.75 Å². The quantitative estimate of drug-likeness (QED) is 0.909. The van der Waals surface area contributed by atoms with Gasteiger partial charge in [0, 0.05) is 18.0 Å². The lowest BCUT2D eigenvalue weighted by molar-refractivity contribution is -0.124. The number of carbonyl (C=O) groups excluding carboxylic acids is 2. The van der Waals surface area contributed by atoms with Crippen LogP contribution in [-0.4, -0.2) is 24.3 Å². The molecule has 2 rings (SSSR count). The minimum absolute atomic E-state index is 0.0386. The highest BCUT2D eigenvalue weighted by Gasteiger charge is 2.32. The molecule has 1 amide bonds. The number of ether oxygens (including phenoxy) is 1. The van der Waals surface area contributed by atoms with Crippen molar-refractivity contribution in [1.29, 1.82) is 0 Å². The maximum absolute atomic E-state index is 13.9. The molecule has 1 aromatic rings. The second-order valence-corrected chi connectivity index (χ2v) is 6.25. The summed E-state index contributed by atoms with van der Waals surface area (Å²) in [7, 11) is 0. The van der Waals surface area contributed by atoms with Crippen molar-refractivity contribution < 1.29 is 18.7 Å². The van der Waals surface area contributed by atoms with E-state index in [-0.39, 0.29) is 48.0 Å². The van der Waals surface area contributed by atoms with Crippen molar-refractivity contribution in [1.82, 2.24) is 5.32 Å². The summed E-state index contributed by atoms with van der Waals surface area (Å²) in [4.78, 5) is 23.9. The number of fused-ring (bicyclic) bond motifs is 1. The zero-order valence-electron chi connectivity index (χ0n) is 13.4. The predicted octanol–water partition coefficient (Wildman–Crippen LogP) is 3.06. The van der Waals surface area contributed by atoms with Gasteiger partial charge in [0.2, 0.25) is 0 Å². The topological polar surface area (TPSA) is 55.4 Å². The summed E-state index contributed by atoms with van der Waals surface area (Å²) in [6, 6.07) is 2.75. The molecule has 0 radical (unpaired) electrons. The minimum atomic E-state index is -0.390. The van der Waals surface area contributed by atoms with E-state index in [1.165, 1.54) is 12.1 Å². The molecular weight excluding hydrogens is 285 g/mol. The first-order valence-electron chi connectivity index (χ1n) is 7.59. The Kier molecular flexibility index (Phi) is 4.84. The number of Topliss-reactive ketones (excluding diaryl/α,β-unsaturated/α-hetero) is 1. The van der Waals surface area contributed by atoms with Crippen LogP contribution < -0.4 is 10.1 Å². The summed E-state index contributed by atoms with van der Waals surface area (Å²) in [6.45, 7) is 7.57. The van der Waals surface area contributed by atoms with Crippen LogP contribution in [0, 0.1) is 11.7 Å². The van der Waals surface area contributed by atoms with Gasteiger partial charge in [0.05, 0.1) is 5.56 Å². The van der Waals surface area contributed by atoms with Crippen molar-refractivity contribution in [2.75, 3.05) is 6.61 Å². The number of hydrogen-bond acceptors (Lipinski definition) is 3. The largest absolute Gasteiger partial charge is 0.483 e. The first-order valence-corrected chi connectivity index (χ1v) is 7.59. The number of ketones is 1. The third kappa shape index (κ3) is 3.29. The Morgan fingerprint density at radius 2 is 2.09 bits per heavy atom. The lowest BCUT2D eigenvalue weighted by Crippen LogP contribution is -2.39. The second-order valence-electron chi connectivity index (χ2n) is 6.25. The van der Waals surface area contributed by atoms with Gasteiger partial charge in [-0.3, -0.25) is 9.59 Å². The van der Waals surface area contributed by atoms with Gasteiger partial charge in [-0.25, -0.2) is 4.39 Å². The molecule has 0 spiro atoms. The Bertz CT molecular complexity index is 598. The molecule has 2 atom stereocenters. The highest BCUT2D eigenvalue weighted by Crippen LogP contribution is 2.39. The number of hydrogen-bond donors (Lipinski definition) is 1. The molecule has 0 heterocycles. The fourth-order valence-corrected chi connectivity index (χ4v) is 2.55. The number of rotatable bonds is 5. The molecule has 120 valence electrons. The van der Waals surface area contributed by atoms with Crippen molar-refractivity contribution in [3.8, 4) is 5.75 Å². The van der Waals surface area contributed by atoms with Crippen LogP contribution in [0.15, 0.2) is 12.1 Å². The smallest absolute Gasteiger partial charge is 0.258 e. The molecule has 1 aromatic carbocycles. The van der Waals surface area contributed by atoms with Crippen molar-refractivity contribution in [3.63, 3.8) is 0 Å². The zero-order chi connectivity index (χ0) is 16.4. The van der Waals surface area contributed by atoms with E-state index < -0.39 is 5.82 Å². The number of nitrogens with one attached hydrogen (secondary N) is 1. The van der Waals surface area contributed by atoms with E-state index in [1.807, 2.05) is 27.7 Å². The van der Waals surface area contributed by atoms with Crippen LogP contribution in [0.4, 0.5) is 4.39 Å². The number of halogens is 1. The summed E-state index contributed by atoms with van der Waals surface area (Å²) < 4.78 is 19.3. The highest BCUT2D eigenvalue weighted by molar-refractivity contribution is 6.03. The van der Waals surface area contributed by atoms with Crippen LogP contribution in [0.1, 0.15) is 56.0 Å². The molecule has 22 heavy (non-hydrogen) atoms. The van der Waals surface area contributed by atoms with E-state index in [2.05, 4.69) is 5.32 Å². The maximum atomic E-state index is 13.9. The molecule has 0 saturated heterocycles. The molecular formula is C17H22FNO3.